The quantitative estimate of drug-likeness (QED) is 0.274. The number of carbonyl (C=O) groups excluding carboxylic acids is 1. The zero-order chi connectivity index (χ0) is 22.5. The van der Waals surface area contributed by atoms with Crippen LogP contribution >= 0.6 is 34.7 Å². The summed E-state index contributed by atoms with van der Waals surface area (Å²) in [6.45, 7) is 0.737. The lowest BCUT2D eigenvalue weighted by Gasteiger charge is -2.15. The molecule has 0 aliphatic heterocycles. The van der Waals surface area contributed by atoms with Gasteiger partial charge in [-0.25, -0.2) is 9.97 Å². The van der Waals surface area contributed by atoms with Crippen LogP contribution < -0.4 is 15.0 Å². The Bertz CT molecular complexity index is 1240. The first-order chi connectivity index (χ1) is 15.5. The minimum absolute atomic E-state index is 0.175. The van der Waals surface area contributed by atoms with Crippen molar-refractivity contribution in [1.29, 1.82) is 0 Å². The predicted molar refractivity (Wildman–Crippen MR) is 131 cm³/mol. The highest BCUT2D eigenvalue weighted by Gasteiger charge is 2.16. The van der Waals surface area contributed by atoms with Crippen molar-refractivity contribution in [3.8, 4) is 5.75 Å². The van der Waals surface area contributed by atoms with Gasteiger partial charge in [-0.05, 0) is 23.8 Å². The summed E-state index contributed by atoms with van der Waals surface area (Å²) in [4.78, 5) is 27.9. The first-order valence-corrected chi connectivity index (χ1v) is 11.8. The molecule has 32 heavy (non-hydrogen) atoms. The molecule has 0 saturated carbocycles. The van der Waals surface area contributed by atoms with E-state index in [0.29, 0.717) is 22.1 Å². The Balaban J connectivity index is 1.45. The zero-order valence-corrected chi connectivity index (χ0v) is 19.8. The van der Waals surface area contributed by atoms with Crippen molar-refractivity contribution in [2.45, 2.75) is 11.6 Å². The average Bonchev–Trinajstić information content (AvgIpc) is 3.24. The normalized spacial score (nSPS) is 10.8. The number of nitrogens with one attached hydrogen (secondary N) is 1. The highest BCUT2D eigenvalue weighted by Crippen LogP contribution is 2.34. The fraction of sp³-hybridized carbons (Fsp3) is 0.182. The molecule has 1 N–H and O–H groups in total. The van der Waals surface area contributed by atoms with Crippen molar-refractivity contribution in [2.75, 3.05) is 30.1 Å². The molecule has 2 heterocycles. The van der Waals surface area contributed by atoms with E-state index in [4.69, 9.17) is 16.3 Å². The molecular formula is C22H20ClN5O2S2. The highest BCUT2D eigenvalue weighted by atomic mass is 35.5. The topological polar surface area (TPSA) is 80.2 Å². The van der Waals surface area contributed by atoms with E-state index in [2.05, 4.69) is 37.3 Å². The average molecular weight is 486 g/mol. The molecule has 0 atom stereocenters. The number of halogens is 1. The maximum absolute atomic E-state index is 12.5. The van der Waals surface area contributed by atoms with Crippen LogP contribution in [0.25, 0.3) is 10.3 Å². The molecular weight excluding hydrogens is 466 g/mol. The zero-order valence-electron chi connectivity index (χ0n) is 17.4. The van der Waals surface area contributed by atoms with Crippen molar-refractivity contribution in [2.24, 2.45) is 0 Å². The van der Waals surface area contributed by atoms with Crippen LogP contribution in [0.5, 0.6) is 5.75 Å². The molecule has 4 rings (SSSR count). The first-order valence-electron chi connectivity index (χ1n) is 9.66. The van der Waals surface area contributed by atoms with E-state index in [1.54, 1.807) is 25.3 Å². The van der Waals surface area contributed by atoms with Gasteiger partial charge in [-0.2, -0.15) is 4.98 Å². The third kappa shape index (κ3) is 5.29. The van der Waals surface area contributed by atoms with Crippen molar-refractivity contribution in [3.63, 3.8) is 0 Å². The Kier molecular flexibility index (Phi) is 7.09. The Morgan fingerprint density at radius 1 is 1.22 bits per heavy atom. The standard InChI is InChI=1S/C22H20ClN5O2S2/c1-28(11-14-6-4-3-5-7-14)22-27-20-19(32-22)21(25-13-24-20)31-12-18(29)26-16-10-15(23)8-9-17(16)30-2/h3-10,13H,11-12H2,1-2H3,(H,26,29). The largest absolute Gasteiger partial charge is 0.495 e. The van der Waals surface area contributed by atoms with Crippen molar-refractivity contribution >= 4 is 61.8 Å². The summed E-state index contributed by atoms with van der Waals surface area (Å²) >= 11 is 8.89. The van der Waals surface area contributed by atoms with Crippen LogP contribution in [-0.2, 0) is 11.3 Å². The van der Waals surface area contributed by atoms with Gasteiger partial charge in [-0.3, -0.25) is 4.79 Å². The smallest absolute Gasteiger partial charge is 0.234 e. The summed E-state index contributed by atoms with van der Waals surface area (Å²) in [5.74, 6) is 0.536. The maximum atomic E-state index is 12.5. The van der Waals surface area contributed by atoms with E-state index >= 15 is 0 Å². The number of nitrogens with zero attached hydrogens (tertiary/aromatic N) is 4. The van der Waals surface area contributed by atoms with Gasteiger partial charge < -0.3 is 15.0 Å². The summed E-state index contributed by atoms with van der Waals surface area (Å²) in [5, 5.41) is 4.92. The number of ether oxygens (including phenoxy) is 1. The van der Waals surface area contributed by atoms with Gasteiger partial charge in [0.2, 0.25) is 5.91 Å². The number of rotatable bonds is 8. The maximum Gasteiger partial charge on any atom is 0.234 e. The van der Waals surface area contributed by atoms with Crippen LogP contribution in [0.1, 0.15) is 5.56 Å². The lowest BCUT2D eigenvalue weighted by atomic mass is 10.2. The van der Waals surface area contributed by atoms with Gasteiger partial charge in [0.15, 0.2) is 10.8 Å². The minimum atomic E-state index is -0.187. The van der Waals surface area contributed by atoms with Gasteiger partial charge in [-0.15, -0.1) is 0 Å². The van der Waals surface area contributed by atoms with E-state index in [1.165, 1.54) is 35.0 Å². The van der Waals surface area contributed by atoms with Crippen molar-refractivity contribution in [1.82, 2.24) is 15.0 Å². The predicted octanol–water partition coefficient (Wildman–Crippen LogP) is 5.12. The monoisotopic (exact) mass is 485 g/mol. The van der Waals surface area contributed by atoms with Gasteiger partial charge in [0.05, 0.1) is 18.6 Å². The van der Waals surface area contributed by atoms with E-state index in [0.717, 1.165) is 21.4 Å². The number of hydrogen-bond donors (Lipinski definition) is 1. The molecule has 2 aromatic heterocycles. The molecule has 4 aromatic rings. The number of hydrogen-bond acceptors (Lipinski definition) is 8. The summed E-state index contributed by atoms with van der Waals surface area (Å²) < 4.78 is 6.14. The number of anilines is 2. The van der Waals surface area contributed by atoms with Crippen LogP contribution in [-0.4, -0.2) is 40.8 Å². The van der Waals surface area contributed by atoms with Crippen LogP contribution in [0.2, 0.25) is 5.02 Å². The Labute approximate surface area is 198 Å². The second-order valence-electron chi connectivity index (χ2n) is 6.85. The van der Waals surface area contributed by atoms with Gasteiger partial charge in [0.25, 0.3) is 0 Å². The highest BCUT2D eigenvalue weighted by molar-refractivity contribution is 8.00. The summed E-state index contributed by atoms with van der Waals surface area (Å²) in [5.41, 5.74) is 2.35. The summed E-state index contributed by atoms with van der Waals surface area (Å²) in [6, 6.07) is 15.3. The third-order valence-electron chi connectivity index (χ3n) is 4.51. The molecule has 0 unspecified atom stereocenters. The molecule has 1 amide bonds. The number of methoxy groups -OCH3 is 1. The van der Waals surface area contributed by atoms with E-state index in [1.807, 2.05) is 25.2 Å². The fourth-order valence-electron chi connectivity index (χ4n) is 3.01. The number of carbonyl (C=O) groups is 1. The molecule has 0 radical (unpaired) electrons. The van der Waals surface area contributed by atoms with Crippen LogP contribution in [0.15, 0.2) is 59.9 Å². The van der Waals surface area contributed by atoms with Gasteiger partial charge >= 0.3 is 0 Å². The van der Waals surface area contributed by atoms with Crippen LogP contribution in [0, 0.1) is 0 Å². The molecule has 0 fully saturated rings. The summed E-state index contributed by atoms with van der Waals surface area (Å²) in [6.07, 6.45) is 1.48. The van der Waals surface area contributed by atoms with Gasteiger partial charge in [0.1, 0.15) is 21.8 Å². The molecule has 0 aliphatic rings. The number of fused-ring (bicyclic) bond motifs is 1. The molecule has 164 valence electrons. The molecule has 0 bridgehead atoms. The van der Waals surface area contributed by atoms with Crippen LogP contribution in [0.3, 0.4) is 0 Å². The molecule has 0 aliphatic carbocycles. The lowest BCUT2D eigenvalue weighted by molar-refractivity contribution is -0.113. The number of aromatic nitrogens is 3. The second-order valence-corrected chi connectivity index (χ2v) is 9.23. The Morgan fingerprint density at radius 3 is 2.81 bits per heavy atom. The number of benzene rings is 2. The number of thiazole rings is 1. The molecule has 7 nitrogen and oxygen atoms in total. The minimum Gasteiger partial charge on any atom is -0.495 e. The first kappa shape index (κ1) is 22.3. The third-order valence-corrected chi connectivity index (χ3v) is 7.03. The number of amides is 1. The summed E-state index contributed by atoms with van der Waals surface area (Å²) in [7, 11) is 3.54. The van der Waals surface area contributed by atoms with E-state index in [-0.39, 0.29) is 11.7 Å². The lowest BCUT2D eigenvalue weighted by Crippen LogP contribution is -2.15. The molecule has 0 spiro atoms. The SMILES string of the molecule is COc1ccc(Cl)cc1NC(=O)CSc1ncnc2nc(N(C)Cc3ccccc3)sc12. The molecule has 2 aromatic carbocycles. The Hall–Kier alpha value is -2.88. The molecule has 0 saturated heterocycles. The second kappa shape index (κ2) is 10.2. The molecule has 10 heteroatoms. The number of thioether (sulfide) groups is 1. The van der Waals surface area contributed by atoms with Gasteiger partial charge in [0, 0.05) is 18.6 Å². The van der Waals surface area contributed by atoms with Crippen LogP contribution in [0.4, 0.5) is 10.8 Å². The Morgan fingerprint density at radius 2 is 2.03 bits per heavy atom. The van der Waals surface area contributed by atoms with E-state index in [9.17, 15) is 4.79 Å². The fourth-order valence-corrected chi connectivity index (χ4v) is 5.03. The van der Waals surface area contributed by atoms with Crippen molar-refractivity contribution in [3.05, 3.63) is 65.4 Å². The van der Waals surface area contributed by atoms with E-state index < -0.39 is 0 Å². The van der Waals surface area contributed by atoms with Crippen molar-refractivity contribution < 1.29 is 9.53 Å². The van der Waals surface area contributed by atoms with Gasteiger partial charge in [-0.1, -0.05) is 65.0 Å².